The molecule has 1 aliphatic heterocycles. The van der Waals surface area contributed by atoms with E-state index in [1.54, 1.807) is 0 Å². The van der Waals surface area contributed by atoms with Gasteiger partial charge in [0.05, 0.1) is 6.10 Å². The maximum Gasteiger partial charge on any atom is 0.0942 e. The summed E-state index contributed by atoms with van der Waals surface area (Å²) in [4.78, 5) is 2.58. The predicted molar refractivity (Wildman–Crippen MR) is 77.9 cm³/mol. The molecule has 3 rings (SSSR count). The fourth-order valence-corrected chi connectivity index (χ4v) is 4.11. The maximum absolute atomic E-state index is 10.6. The van der Waals surface area contributed by atoms with E-state index in [0.717, 1.165) is 24.1 Å². The molecule has 4 atom stereocenters. The third kappa shape index (κ3) is 2.56. The Morgan fingerprint density at radius 1 is 1.11 bits per heavy atom. The summed E-state index contributed by atoms with van der Waals surface area (Å²) in [5.41, 5.74) is 1.05. The molecule has 1 aliphatic carbocycles. The lowest BCUT2D eigenvalue weighted by atomic mass is 9.89. The Balaban J connectivity index is 1.74. The van der Waals surface area contributed by atoms with Crippen LogP contribution in [0, 0.1) is 5.92 Å². The second-order valence-corrected chi connectivity index (χ2v) is 6.23. The minimum Gasteiger partial charge on any atom is -0.387 e. The van der Waals surface area contributed by atoms with Gasteiger partial charge < -0.3 is 5.11 Å². The Hall–Kier alpha value is -0.860. The minimum absolute atomic E-state index is 0.230. The molecule has 1 aromatic carbocycles. The van der Waals surface area contributed by atoms with Gasteiger partial charge in [0.15, 0.2) is 0 Å². The monoisotopic (exact) mass is 259 g/mol. The molecule has 0 spiro atoms. The molecule has 1 aromatic rings. The average molecular weight is 259 g/mol. The van der Waals surface area contributed by atoms with Crippen LogP contribution in [0.3, 0.4) is 0 Å². The highest BCUT2D eigenvalue weighted by atomic mass is 16.3. The number of piperidine rings is 1. The molecule has 0 bridgehead atoms. The van der Waals surface area contributed by atoms with Crippen molar-refractivity contribution in [3.63, 3.8) is 0 Å². The first-order chi connectivity index (χ1) is 9.27. The molecule has 1 saturated heterocycles. The third-order valence-corrected chi connectivity index (χ3v) is 5.16. The van der Waals surface area contributed by atoms with E-state index >= 15 is 0 Å². The highest BCUT2D eigenvalue weighted by molar-refractivity contribution is 5.19. The molecule has 0 radical (unpaired) electrons. The number of likely N-dealkylation sites (tertiary alicyclic amines) is 1. The molecule has 1 heterocycles. The number of hydrogen-bond donors (Lipinski definition) is 1. The van der Waals surface area contributed by atoms with Crippen molar-refractivity contribution < 1.29 is 5.11 Å². The summed E-state index contributed by atoms with van der Waals surface area (Å²) in [6.07, 6.45) is 6.44. The Morgan fingerprint density at radius 2 is 1.84 bits per heavy atom. The van der Waals surface area contributed by atoms with E-state index in [0.29, 0.717) is 0 Å². The fraction of sp³-hybridized carbons (Fsp3) is 0.647. The summed E-state index contributed by atoms with van der Waals surface area (Å²) in [6.45, 7) is 3.35. The zero-order valence-electron chi connectivity index (χ0n) is 11.8. The van der Waals surface area contributed by atoms with Crippen LogP contribution in [0.5, 0.6) is 0 Å². The van der Waals surface area contributed by atoms with Gasteiger partial charge in [0, 0.05) is 12.1 Å². The fourth-order valence-electron chi connectivity index (χ4n) is 4.11. The van der Waals surface area contributed by atoms with Gasteiger partial charge in [0.25, 0.3) is 0 Å². The van der Waals surface area contributed by atoms with Crippen molar-refractivity contribution in [2.75, 3.05) is 6.54 Å². The summed E-state index contributed by atoms with van der Waals surface area (Å²) < 4.78 is 0. The van der Waals surface area contributed by atoms with Crippen molar-refractivity contribution >= 4 is 0 Å². The standard InChI is InChI=1S/C17H25NO/c1-13(17(19)15-7-3-2-4-8-15)18-12-6-10-14-9-5-11-16(14)18/h2-4,7-8,13-14,16-17,19H,5-6,9-12H2,1H3. The number of fused-ring (bicyclic) bond motifs is 1. The van der Waals surface area contributed by atoms with Gasteiger partial charge in [-0.3, -0.25) is 4.90 Å². The van der Waals surface area contributed by atoms with Crippen LogP contribution < -0.4 is 0 Å². The van der Waals surface area contributed by atoms with Crippen LogP contribution in [0.15, 0.2) is 30.3 Å². The number of nitrogens with zero attached hydrogens (tertiary/aromatic N) is 1. The third-order valence-electron chi connectivity index (χ3n) is 5.16. The van der Waals surface area contributed by atoms with E-state index < -0.39 is 0 Å². The quantitative estimate of drug-likeness (QED) is 0.899. The lowest BCUT2D eigenvalue weighted by Crippen LogP contribution is -2.49. The molecule has 104 valence electrons. The molecule has 2 aliphatic rings. The Bertz CT molecular complexity index is 405. The number of rotatable bonds is 3. The molecule has 2 heteroatoms. The number of benzene rings is 1. The molecular weight excluding hydrogens is 234 g/mol. The highest BCUT2D eigenvalue weighted by Crippen LogP contribution is 2.39. The van der Waals surface area contributed by atoms with Gasteiger partial charge in [0.2, 0.25) is 0 Å². The summed E-state index contributed by atoms with van der Waals surface area (Å²) in [5, 5.41) is 10.6. The first-order valence-corrected chi connectivity index (χ1v) is 7.76. The zero-order chi connectivity index (χ0) is 13.2. The van der Waals surface area contributed by atoms with Crippen LogP contribution in [-0.2, 0) is 0 Å². The van der Waals surface area contributed by atoms with E-state index in [-0.39, 0.29) is 12.1 Å². The summed E-state index contributed by atoms with van der Waals surface area (Å²) in [7, 11) is 0. The first kappa shape index (κ1) is 13.1. The maximum atomic E-state index is 10.6. The first-order valence-electron chi connectivity index (χ1n) is 7.76. The van der Waals surface area contributed by atoms with Gasteiger partial charge in [-0.05, 0) is 50.6 Å². The van der Waals surface area contributed by atoms with Crippen molar-refractivity contribution in [3.05, 3.63) is 35.9 Å². The predicted octanol–water partition coefficient (Wildman–Crippen LogP) is 3.37. The number of aliphatic hydroxyl groups is 1. The minimum atomic E-state index is -0.361. The van der Waals surface area contributed by atoms with Gasteiger partial charge in [0.1, 0.15) is 0 Å². The second kappa shape index (κ2) is 5.64. The topological polar surface area (TPSA) is 23.5 Å². The number of aliphatic hydroxyl groups excluding tert-OH is 1. The van der Waals surface area contributed by atoms with Crippen molar-refractivity contribution in [3.8, 4) is 0 Å². The van der Waals surface area contributed by atoms with E-state index in [1.165, 1.54) is 32.1 Å². The van der Waals surface area contributed by atoms with Gasteiger partial charge in [-0.25, -0.2) is 0 Å². The molecule has 2 fully saturated rings. The lowest BCUT2D eigenvalue weighted by molar-refractivity contribution is 0.00223. The Morgan fingerprint density at radius 3 is 2.63 bits per heavy atom. The average Bonchev–Trinajstić information content (AvgIpc) is 2.95. The summed E-state index contributed by atoms with van der Waals surface area (Å²) >= 11 is 0. The lowest BCUT2D eigenvalue weighted by Gasteiger charge is -2.43. The SMILES string of the molecule is CC(C(O)c1ccccc1)N1CCCC2CCCC21. The smallest absolute Gasteiger partial charge is 0.0942 e. The molecule has 1 saturated carbocycles. The van der Waals surface area contributed by atoms with Gasteiger partial charge in [-0.1, -0.05) is 36.8 Å². The molecule has 2 nitrogen and oxygen atoms in total. The van der Waals surface area contributed by atoms with Crippen LogP contribution in [0.2, 0.25) is 0 Å². The summed E-state index contributed by atoms with van der Waals surface area (Å²) in [6, 6.07) is 11.1. The Kier molecular flexibility index (Phi) is 3.90. The molecule has 19 heavy (non-hydrogen) atoms. The van der Waals surface area contributed by atoms with Crippen molar-refractivity contribution in [2.45, 2.75) is 57.2 Å². The van der Waals surface area contributed by atoms with Crippen molar-refractivity contribution in [2.24, 2.45) is 5.92 Å². The van der Waals surface area contributed by atoms with E-state index in [9.17, 15) is 5.11 Å². The zero-order valence-corrected chi connectivity index (χ0v) is 11.8. The highest BCUT2D eigenvalue weighted by Gasteiger charge is 2.38. The van der Waals surface area contributed by atoms with Gasteiger partial charge in [-0.15, -0.1) is 0 Å². The van der Waals surface area contributed by atoms with Crippen LogP contribution in [0.25, 0.3) is 0 Å². The van der Waals surface area contributed by atoms with Crippen molar-refractivity contribution in [1.29, 1.82) is 0 Å². The van der Waals surface area contributed by atoms with Crippen LogP contribution in [-0.4, -0.2) is 28.6 Å². The van der Waals surface area contributed by atoms with Crippen LogP contribution in [0.1, 0.15) is 50.7 Å². The van der Waals surface area contributed by atoms with E-state index in [4.69, 9.17) is 0 Å². The normalized spacial score (nSPS) is 30.8. The largest absolute Gasteiger partial charge is 0.387 e. The Labute approximate surface area is 116 Å². The summed E-state index contributed by atoms with van der Waals surface area (Å²) in [5.74, 6) is 0.888. The second-order valence-electron chi connectivity index (χ2n) is 6.23. The number of hydrogen-bond acceptors (Lipinski definition) is 2. The molecular formula is C17H25NO. The van der Waals surface area contributed by atoms with Gasteiger partial charge in [-0.2, -0.15) is 0 Å². The molecule has 0 amide bonds. The van der Waals surface area contributed by atoms with Crippen LogP contribution >= 0.6 is 0 Å². The van der Waals surface area contributed by atoms with Crippen molar-refractivity contribution in [1.82, 2.24) is 4.90 Å². The van der Waals surface area contributed by atoms with E-state index in [2.05, 4.69) is 11.8 Å². The molecule has 0 aromatic heterocycles. The molecule has 1 N–H and O–H groups in total. The van der Waals surface area contributed by atoms with Gasteiger partial charge >= 0.3 is 0 Å². The van der Waals surface area contributed by atoms with E-state index in [1.807, 2.05) is 30.3 Å². The molecule has 4 unspecified atom stereocenters. The van der Waals surface area contributed by atoms with Crippen LogP contribution in [0.4, 0.5) is 0 Å².